The summed E-state index contributed by atoms with van der Waals surface area (Å²) in [5.41, 5.74) is 6.01. The van der Waals surface area contributed by atoms with E-state index in [1.165, 1.54) is 31.0 Å². The minimum atomic E-state index is -0.696. The molecule has 2 aromatic rings. The topological polar surface area (TPSA) is 93.9 Å². The molecule has 0 amide bonds. The summed E-state index contributed by atoms with van der Waals surface area (Å²) in [6.07, 6.45) is 0. The number of ether oxygens (including phenoxy) is 1. The molecular formula is C11H11FN4O2S. The van der Waals surface area contributed by atoms with Crippen molar-refractivity contribution in [2.24, 2.45) is 0 Å². The van der Waals surface area contributed by atoms with Gasteiger partial charge in [-0.2, -0.15) is 4.98 Å². The number of rotatable bonds is 4. The number of aromatic nitrogens is 3. The molecule has 100 valence electrons. The standard InChI is InChI=1S/C11H11FN4O2S/c1-18-9(17)7-3-2-6(4-8(7)12)5-19-11-14-10(13)15-16-11/h2-4H,5H2,1H3,(H3,13,14,15,16). The van der Waals surface area contributed by atoms with Gasteiger partial charge in [0.2, 0.25) is 11.1 Å². The molecule has 0 unspecified atom stereocenters. The van der Waals surface area contributed by atoms with Crippen LogP contribution in [0.1, 0.15) is 15.9 Å². The van der Waals surface area contributed by atoms with E-state index in [0.29, 0.717) is 16.5 Å². The number of methoxy groups -OCH3 is 1. The fourth-order valence-electron chi connectivity index (χ4n) is 1.39. The van der Waals surface area contributed by atoms with Gasteiger partial charge in [0.05, 0.1) is 12.7 Å². The van der Waals surface area contributed by atoms with Crippen LogP contribution in [0.4, 0.5) is 10.3 Å². The smallest absolute Gasteiger partial charge is 0.340 e. The lowest BCUT2D eigenvalue weighted by atomic mass is 10.1. The van der Waals surface area contributed by atoms with E-state index in [0.717, 1.165) is 0 Å². The van der Waals surface area contributed by atoms with Crippen molar-refractivity contribution in [3.8, 4) is 0 Å². The van der Waals surface area contributed by atoms with Crippen molar-refractivity contribution in [3.63, 3.8) is 0 Å². The normalized spacial score (nSPS) is 10.4. The van der Waals surface area contributed by atoms with Gasteiger partial charge in [0.15, 0.2) is 0 Å². The summed E-state index contributed by atoms with van der Waals surface area (Å²) in [6.45, 7) is 0. The Bertz CT molecular complexity index is 602. The van der Waals surface area contributed by atoms with E-state index in [4.69, 9.17) is 5.73 Å². The maximum Gasteiger partial charge on any atom is 0.340 e. The lowest BCUT2D eigenvalue weighted by Crippen LogP contribution is -2.04. The van der Waals surface area contributed by atoms with E-state index in [1.807, 2.05) is 0 Å². The van der Waals surface area contributed by atoms with E-state index >= 15 is 0 Å². The summed E-state index contributed by atoms with van der Waals surface area (Å²) < 4.78 is 18.1. The Morgan fingerprint density at radius 1 is 1.58 bits per heavy atom. The molecule has 1 aromatic carbocycles. The van der Waals surface area contributed by atoms with Gasteiger partial charge in [-0.3, -0.25) is 0 Å². The van der Waals surface area contributed by atoms with Gasteiger partial charge in [0, 0.05) is 5.75 Å². The van der Waals surface area contributed by atoms with Gasteiger partial charge in [-0.1, -0.05) is 17.8 Å². The first-order valence-electron chi connectivity index (χ1n) is 5.27. The molecule has 0 bridgehead atoms. The van der Waals surface area contributed by atoms with Crippen molar-refractivity contribution in [1.29, 1.82) is 0 Å². The fraction of sp³-hybridized carbons (Fsp3) is 0.182. The van der Waals surface area contributed by atoms with Crippen LogP contribution in [0.5, 0.6) is 0 Å². The Labute approximate surface area is 112 Å². The average molecular weight is 282 g/mol. The molecule has 1 heterocycles. The average Bonchev–Trinajstić information content (AvgIpc) is 2.81. The zero-order valence-electron chi connectivity index (χ0n) is 10.0. The molecule has 0 saturated heterocycles. The van der Waals surface area contributed by atoms with E-state index in [-0.39, 0.29) is 11.5 Å². The first-order valence-corrected chi connectivity index (χ1v) is 6.26. The second-order valence-corrected chi connectivity index (χ2v) is 4.54. The summed E-state index contributed by atoms with van der Waals surface area (Å²) in [4.78, 5) is 15.1. The summed E-state index contributed by atoms with van der Waals surface area (Å²) in [6, 6.07) is 4.33. The van der Waals surface area contributed by atoms with Crippen LogP contribution in [0, 0.1) is 5.82 Å². The Morgan fingerprint density at radius 2 is 2.37 bits per heavy atom. The number of aromatic amines is 1. The van der Waals surface area contributed by atoms with Crippen LogP contribution in [0.3, 0.4) is 0 Å². The summed E-state index contributed by atoms with van der Waals surface area (Å²) >= 11 is 1.31. The van der Waals surface area contributed by atoms with E-state index < -0.39 is 11.8 Å². The number of hydrogen-bond acceptors (Lipinski definition) is 6. The van der Waals surface area contributed by atoms with Gasteiger partial charge in [0.25, 0.3) is 0 Å². The molecule has 3 N–H and O–H groups in total. The molecule has 19 heavy (non-hydrogen) atoms. The molecule has 0 atom stereocenters. The quantitative estimate of drug-likeness (QED) is 0.653. The first kappa shape index (κ1) is 13.3. The second kappa shape index (κ2) is 5.70. The largest absolute Gasteiger partial charge is 0.465 e. The molecule has 1 aromatic heterocycles. The third-order valence-corrected chi connectivity index (χ3v) is 3.21. The summed E-state index contributed by atoms with van der Waals surface area (Å²) in [7, 11) is 1.21. The van der Waals surface area contributed by atoms with E-state index in [1.54, 1.807) is 6.07 Å². The Balaban J connectivity index is 2.06. The predicted octanol–water partition coefficient (Wildman–Crippen LogP) is 1.60. The third kappa shape index (κ3) is 3.22. The van der Waals surface area contributed by atoms with Crippen molar-refractivity contribution >= 4 is 23.7 Å². The Hall–Kier alpha value is -2.09. The molecule has 0 spiro atoms. The first-order chi connectivity index (χ1) is 9.10. The molecule has 0 aliphatic rings. The Morgan fingerprint density at radius 3 is 2.95 bits per heavy atom. The van der Waals surface area contributed by atoms with Crippen LogP contribution in [-0.4, -0.2) is 28.3 Å². The molecule has 2 rings (SSSR count). The van der Waals surface area contributed by atoms with Crippen molar-refractivity contribution < 1.29 is 13.9 Å². The lowest BCUT2D eigenvalue weighted by molar-refractivity contribution is 0.0595. The number of H-pyrrole nitrogens is 1. The number of anilines is 1. The van der Waals surface area contributed by atoms with Gasteiger partial charge in [-0.05, 0) is 17.7 Å². The highest BCUT2D eigenvalue weighted by Crippen LogP contribution is 2.21. The Kier molecular flexibility index (Phi) is 4.00. The minimum Gasteiger partial charge on any atom is -0.465 e. The number of thioether (sulfide) groups is 1. The number of benzene rings is 1. The van der Waals surface area contributed by atoms with Crippen molar-refractivity contribution in [2.45, 2.75) is 10.9 Å². The zero-order chi connectivity index (χ0) is 13.8. The lowest BCUT2D eigenvalue weighted by Gasteiger charge is -2.03. The molecule has 0 aliphatic carbocycles. The maximum absolute atomic E-state index is 13.6. The maximum atomic E-state index is 13.6. The van der Waals surface area contributed by atoms with Crippen molar-refractivity contribution in [1.82, 2.24) is 15.2 Å². The van der Waals surface area contributed by atoms with Gasteiger partial charge in [-0.15, -0.1) is 5.10 Å². The predicted molar refractivity (Wildman–Crippen MR) is 68.1 cm³/mol. The highest BCUT2D eigenvalue weighted by atomic mass is 32.2. The number of carbonyl (C=O) groups excluding carboxylic acids is 1. The van der Waals surface area contributed by atoms with E-state index in [2.05, 4.69) is 19.9 Å². The molecule has 0 radical (unpaired) electrons. The number of nitrogens with zero attached hydrogens (tertiary/aromatic N) is 2. The summed E-state index contributed by atoms with van der Waals surface area (Å²) in [5, 5.41) is 6.84. The number of carbonyl (C=O) groups is 1. The number of nitrogens with two attached hydrogens (primary N) is 1. The number of nitrogen functional groups attached to an aromatic ring is 1. The van der Waals surface area contributed by atoms with Crippen molar-refractivity contribution in [3.05, 3.63) is 35.1 Å². The van der Waals surface area contributed by atoms with Gasteiger partial charge in [0.1, 0.15) is 5.82 Å². The molecular weight excluding hydrogens is 271 g/mol. The van der Waals surface area contributed by atoms with Gasteiger partial charge < -0.3 is 10.5 Å². The highest BCUT2D eigenvalue weighted by molar-refractivity contribution is 7.98. The molecule has 8 heteroatoms. The molecule has 0 fully saturated rings. The zero-order valence-corrected chi connectivity index (χ0v) is 10.8. The molecule has 0 aliphatic heterocycles. The number of halogens is 1. The second-order valence-electron chi connectivity index (χ2n) is 3.60. The van der Waals surface area contributed by atoms with Gasteiger partial charge >= 0.3 is 5.97 Å². The molecule has 0 saturated carbocycles. The number of hydrogen-bond donors (Lipinski definition) is 2. The van der Waals surface area contributed by atoms with Gasteiger partial charge in [-0.25, -0.2) is 14.3 Å². The van der Waals surface area contributed by atoms with Crippen molar-refractivity contribution in [2.75, 3.05) is 12.8 Å². The molecule has 6 nitrogen and oxygen atoms in total. The van der Waals surface area contributed by atoms with Crippen LogP contribution < -0.4 is 5.73 Å². The monoisotopic (exact) mass is 282 g/mol. The summed E-state index contributed by atoms with van der Waals surface area (Å²) in [5.74, 6) is -0.608. The van der Waals surface area contributed by atoms with Crippen LogP contribution in [-0.2, 0) is 10.5 Å². The minimum absolute atomic E-state index is 0.0848. The highest BCUT2D eigenvalue weighted by Gasteiger charge is 2.12. The van der Waals surface area contributed by atoms with E-state index in [9.17, 15) is 9.18 Å². The van der Waals surface area contributed by atoms with Crippen LogP contribution >= 0.6 is 11.8 Å². The fourth-order valence-corrected chi connectivity index (χ4v) is 2.14. The van der Waals surface area contributed by atoms with Crippen LogP contribution in [0.2, 0.25) is 0 Å². The third-order valence-electron chi connectivity index (χ3n) is 2.29. The SMILES string of the molecule is COC(=O)c1ccc(CSc2n[nH]c(N)n2)cc1F. The number of esters is 1. The van der Waals surface area contributed by atoms with Crippen LogP contribution in [0.25, 0.3) is 0 Å². The van der Waals surface area contributed by atoms with Crippen LogP contribution in [0.15, 0.2) is 23.4 Å². The number of nitrogens with one attached hydrogen (secondary N) is 1.